The Morgan fingerprint density at radius 1 is 1.03 bits per heavy atom. The lowest BCUT2D eigenvalue weighted by Crippen LogP contribution is -2.44. The largest absolute Gasteiger partial charge is 0.494 e. The van der Waals surface area contributed by atoms with Crippen LogP contribution in [-0.4, -0.2) is 64.1 Å². The molecule has 2 aromatic rings. The minimum Gasteiger partial charge on any atom is -0.494 e. The number of anilines is 1. The number of hydrogen-bond acceptors (Lipinski definition) is 6. The Balaban J connectivity index is 1.40. The van der Waals surface area contributed by atoms with Crippen molar-refractivity contribution in [3.8, 4) is 11.5 Å². The lowest BCUT2D eigenvalue weighted by Gasteiger charge is -2.38. The van der Waals surface area contributed by atoms with Crippen LogP contribution in [0.3, 0.4) is 0 Å². The summed E-state index contributed by atoms with van der Waals surface area (Å²) in [5.74, 6) is 1.07. The third kappa shape index (κ3) is 4.24. The molecule has 1 aromatic heterocycles. The van der Waals surface area contributed by atoms with Crippen molar-refractivity contribution >= 4 is 33.1 Å². The van der Waals surface area contributed by atoms with E-state index in [4.69, 9.17) is 9.47 Å². The van der Waals surface area contributed by atoms with Crippen molar-refractivity contribution in [2.45, 2.75) is 23.5 Å². The highest BCUT2D eigenvalue weighted by atomic mass is 32.2. The molecule has 8 nitrogen and oxygen atoms in total. The number of benzene rings is 1. The quantitative estimate of drug-likeness (QED) is 0.731. The van der Waals surface area contributed by atoms with Crippen LogP contribution in [0.25, 0.3) is 0 Å². The van der Waals surface area contributed by atoms with Gasteiger partial charge in [0.25, 0.3) is 10.0 Å². The summed E-state index contributed by atoms with van der Waals surface area (Å²) in [5, 5.41) is 4.71. The van der Waals surface area contributed by atoms with Gasteiger partial charge in [0.15, 0.2) is 0 Å². The number of carbonyl (C=O) groups excluding carboxylic acids is 1. The third-order valence-electron chi connectivity index (χ3n) is 6.26. The maximum atomic E-state index is 13.0. The highest BCUT2D eigenvalue weighted by Gasteiger charge is 2.44. The molecule has 1 spiro atoms. The average molecular weight is 466 g/mol. The van der Waals surface area contributed by atoms with Gasteiger partial charge in [-0.1, -0.05) is 12.1 Å². The Labute approximate surface area is 186 Å². The molecule has 2 amide bonds. The van der Waals surface area contributed by atoms with Crippen LogP contribution in [0.5, 0.6) is 11.5 Å². The van der Waals surface area contributed by atoms with E-state index >= 15 is 0 Å². The zero-order chi connectivity index (χ0) is 22.1. The minimum atomic E-state index is -3.42. The first kappa shape index (κ1) is 21.9. The van der Waals surface area contributed by atoms with Crippen molar-refractivity contribution in [3.63, 3.8) is 0 Å². The molecule has 0 bridgehead atoms. The first-order valence-corrected chi connectivity index (χ1v) is 12.5. The number of urea groups is 1. The van der Waals surface area contributed by atoms with Crippen molar-refractivity contribution in [2.24, 2.45) is 5.41 Å². The van der Waals surface area contributed by atoms with Gasteiger partial charge in [-0.3, -0.25) is 0 Å². The van der Waals surface area contributed by atoms with E-state index in [-0.39, 0.29) is 11.4 Å². The standard InChI is InChI=1S/C21H27N3O5S2/c1-28-16-5-3-6-17(29-2)19(16)22-20(25)23-11-8-21(15-23)9-12-24(13-10-21)31(26,27)18-7-4-14-30-18/h3-7,14H,8-13,15H2,1-2H3,(H,22,25). The van der Waals surface area contributed by atoms with Gasteiger partial charge in [-0.2, -0.15) is 4.31 Å². The molecule has 10 heteroatoms. The predicted octanol–water partition coefficient (Wildman–Crippen LogP) is 3.47. The fraction of sp³-hybridized carbons (Fsp3) is 0.476. The Hall–Kier alpha value is -2.30. The maximum Gasteiger partial charge on any atom is 0.322 e. The van der Waals surface area contributed by atoms with Crippen LogP contribution >= 0.6 is 11.3 Å². The molecule has 2 fully saturated rings. The summed E-state index contributed by atoms with van der Waals surface area (Å²) in [4.78, 5) is 14.8. The summed E-state index contributed by atoms with van der Waals surface area (Å²) >= 11 is 1.25. The third-order valence-corrected chi connectivity index (χ3v) is 9.53. The summed E-state index contributed by atoms with van der Waals surface area (Å²) in [5.41, 5.74) is 0.472. The van der Waals surface area contributed by atoms with Crippen molar-refractivity contribution in [1.29, 1.82) is 0 Å². The van der Waals surface area contributed by atoms with Gasteiger partial charge in [0.1, 0.15) is 21.4 Å². The summed E-state index contributed by atoms with van der Waals surface area (Å²) in [6.45, 7) is 2.22. The number of nitrogens with one attached hydrogen (secondary N) is 1. The Kier molecular flexibility index (Phi) is 6.14. The Morgan fingerprint density at radius 3 is 2.26 bits per heavy atom. The van der Waals surface area contributed by atoms with Gasteiger partial charge >= 0.3 is 6.03 Å². The highest BCUT2D eigenvalue weighted by molar-refractivity contribution is 7.91. The first-order chi connectivity index (χ1) is 14.9. The highest BCUT2D eigenvalue weighted by Crippen LogP contribution is 2.42. The number of methoxy groups -OCH3 is 2. The summed E-state index contributed by atoms with van der Waals surface area (Å²) < 4.78 is 38.3. The van der Waals surface area contributed by atoms with Gasteiger partial charge in [-0.25, -0.2) is 13.2 Å². The summed E-state index contributed by atoms with van der Waals surface area (Å²) in [7, 11) is -0.322. The van der Waals surface area contributed by atoms with E-state index in [2.05, 4.69) is 5.32 Å². The van der Waals surface area contributed by atoms with Crippen LogP contribution in [0.4, 0.5) is 10.5 Å². The zero-order valence-electron chi connectivity index (χ0n) is 17.7. The fourth-order valence-electron chi connectivity index (χ4n) is 4.42. The molecule has 31 heavy (non-hydrogen) atoms. The topological polar surface area (TPSA) is 88.2 Å². The van der Waals surface area contributed by atoms with Crippen molar-refractivity contribution in [3.05, 3.63) is 35.7 Å². The van der Waals surface area contributed by atoms with E-state index in [1.807, 2.05) is 0 Å². The van der Waals surface area contributed by atoms with Gasteiger partial charge in [-0.15, -0.1) is 11.3 Å². The van der Waals surface area contributed by atoms with Crippen LogP contribution in [-0.2, 0) is 10.0 Å². The molecule has 3 heterocycles. The maximum absolute atomic E-state index is 13.0. The van der Waals surface area contributed by atoms with Gasteiger partial charge in [-0.05, 0) is 48.3 Å². The van der Waals surface area contributed by atoms with E-state index in [1.165, 1.54) is 11.3 Å². The molecule has 0 aliphatic carbocycles. The van der Waals surface area contributed by atoms with Crippen LogP contribution in [0, 0.1) is 5.41 Å². The summed E-state index contributed by atoms with van der Waals surface area (Å²) in [6, 6.07) is 8.55. The van der Waals surface area contributed by atoms with E-state index < -0.39 is 10.0 Å². The first-order valence-electron chi connectivity index (χ1n) is 10.2. The molecule has 2 saturated heterocycles. The molecular weight excluding hydrogens is 438 g/mol. The number of thiophene rings is 1. The number of ether oxygens (including phenoxy) is 2. The molecule has 168 valence electrons. The van der Waals surface area contributed by atoms with Crippen molar-refractivity contribution in [1.82, 2.24) is 9.21 Å². The number of sulfonamides is 1. The van der Waals surface area contributed by atoms with Crippen LogP contribution in [0.15, 0.2) is 39.9 Å². The van der Waals surface area contributed by atoms with E-state index in [0.717, 1.165) is 19.3 Å². The molecule has 2 aliphatic heterocycles. The molecule has 0 saturated carbocycles. The lowest BCUT2D eigenvalue weighted by molar-refractivity contribution is 0.158. The number of carbonyl (C=O) groups is 1. The van der Waals surface area contributed by atoms with Gasteiger partial charge in [0, 0.05) is 26.2 Å². The Bertz CT molecular complexity index is 1010. The van der Waals surface area contributed by atoms with Crippen LogP contribution < -0.4 is 14.8 Å². The predicted molar refractivity (Wildman–Crippen MR) is 119 cm³/mol. The zero-order valence-corrected chi connectivity index (χ0v) is 19.3. The normalized spacial score (nSPS) is 18.8. The number of piperidine rings is 1. The Morgan fingerprint density at radius 2 is 1.68 bits per heavy atom. The average Bonchev–Trinajstić information content (AvgIpc) is 3.45. The smallest absolute Gasteiger partial charge is 0.322 e. The number of hydrogen-bond donors (Lipinski definition) is 1. The molecule has 0 atom stereocenters. The number of amides is 2. The number of rotatable bonds is 5. The summed E-state index contributed by atoms with van der Waals surface area (Å²) in [6.07, 6.45) is 2.37. The molecule has 4 rings (SSSR count). The van der Waals surface area contributed by atoms with Gasteiger partial charge in [0.2, 0.25) is 0 Å². The number of nitrogens with zero attached hydrogens (tertiary/aromatic N) is 2. The van der Waals surface area contributed by atoms with Crippen LogP contribution in [0.2, 0.25) is 0 Å². The SMILES string of the molecule is COc1cccc(OC)c1NC(=O)N1CCC2(CCN(S(=O)(=O)c3cccs3)CC2)C1. The van der Waals surface area contributed by atoms with E-state index in [9.17, 15) is 13.2 Å². The monoisotopic (exact) mass is 465 g/mol. The molecule has 1 N–H and O–H groups in total. The van der Waals surface area contributed by atoms with Crippen molar-refractivity contribution < 1.29 is 22.7 Å². The van der Waals surface area contributed by atoms with Crippen LogP contribution in [0.1, 0.15) is 19.3 Å². The molecular formula is C21H27N3O5S2. The fourth-order valence-corrected chi connectivity index (χ4v) is 7.00. The van der Waals surface area contributed by atoms with Gasteiger partial charge < -0.3 is 19.7 Å². The second-order valence-corrected chi connectivity index (χ2v) is 11.1. The second kappa shape index (κ2) is 8.68. The number of likely N-dealkylation sites (tertiary alicyclic amines) is 1. The molecule has 0 unspecified atom stereocenters. The van der Waals surface area contributed by atoms with E-state index in [1.54, 1.807) is 59.1 Å². The van der Waals surface area contributed by atoms with Gasteiger partial charge in [0.05, 0.1) is 14.2 Å². The second-order valence-electron chi connectivity index (χ2n) is 7.98. The number of para-hydroxylation sites is 1. The molecule has 1 aromatic carbocycles. The van der Waals surface area contributed by atoms with E-state index in [0.29, 0.717) is 47.6 Å². The van der Waals surface area contributed by atoms with Crippen molar-refractivity contribution in [2.75, 3.05) is 45.7 Å². The minimum absolute atomic E-state index is 0.0380. The molecule has 2 aliphatic rings. The lowest BCUT2D eigenvalue weighted by atomic mass is 9.78. The molecule has 0 radical (unpaired) electrons.